The lowest BCUT2D eigenvalue weighted by molar-refractivity contribution is 0.626. The molecule has 21 heavy (non-hydrogen) atoms. The summed E-state index contributed by atoms with van der Waals surface area (Å²) < 4.78 is 13.1. The van der Waals surface area contributed by atoms with Gasteiger partial charge in [-0.3, -0.25) is 0 Å². The van der Waals surface area contributed by atoms with Gasteiger partial charge < -0.3 is 5.32 Å². The van der Waals surface area contributed by atoms with Crippen LogP contribution in [0.1, 0.15) is 17.2 Å². The minimum absolute atomic E-state index is 0.0854. The molecule has 0 saturated heterocycles. The molecule has 1 heterocycles. The molecule has 0 aliphatic rings. The number of rotatable bonds is 4. The first-order valence-corrected chi connectivity index (χ1v) is 6.65. The summed E-state index contributed by atoms with van der Waals surface area (Å²) in [6.45, 7) is 0. The molecule has 0 fully saturated rings. The zero-order valence-electron chi connectivity index (χ0n) is 11.3. The Morgan fingerprint density at radius 3 is 2.10 bits per heavy atom. The van der Waals surface area contributed by atoms with Gasteiger partial charge in [-0.25, -0.2) is 14.4 Å². The van der Waals surface area contributed by atoms with E-state index in [0.29, 0.717) is 0 Å². The van der Waals surface area contributed by atoms with Crippen LogP contribution in [-0.2, 0) is 0 Å². The van der Waals surface area contributed by atoms with Crippen molar-refractivity contribution in [1.29, 1.82) is 0 Å². The van der Waals surface area contributed by atoms with Crippen LogP contribution in [0.25, 0.3) is 0 Å². The number of hydrogen-bond acceptors (Lipinski definition) is 3. The number of aromatic nitrogens is 2. The molecule has 3 rings (SSSR count). The molecule has 0 radical (unpaired) electrons. The minimum Gasteiger partial charge on any atom is -0.372 e. The number of halogens is 1. The number of nitrogens with one attached hydrogen (secondary N) is 1. The van der Waals surface area contributed by atoms with Crippen LogP contribution in [0.2, 0.25) is 0 Å². The number of hydrogen-bond donors (Lipinski definition) is 1. The van der Waals surface area contributed by atoms with Crippen molar-refractivity contribution in [2.75, 3.05) is 5.32 Å². The van der Waals surface area contributed by atoms with Crippen LogP contribution < -0.4 is 5.32 Å². The summed E-state index contributed by atoms with van der Waals surface area (Å²) in [5.74, 6) is -0.242. The van der Waals surface area contributed by atoms with Gasteiger partial charge in [0.15, 0.2) is 0 Å². The first kappa shape index (κ1) is 13.2. The molecule has 2 aromatic carbocycles. The monoisotopic (exact) mass is 279 g/mol. The van der Waals surface area contributed by atoms with Crippen molar-refractivity contribution >= 4 is 5.69 Å². The zero-order valence-corrected chi connectivity index (χ0v) is 11.3. The van der Waals surface area contributed by atoms with Gasteiger partial charge in [-0.2, -0.15) is 0 Å². The number of anilines is 1. The zero-order chi connectivity index (χ0) is 14.5. The topological polar surface area (TPSA) is 37.8 Å². The maximum atomic E-state index is 13.1. The highest BCUT2D eigenvalue weighted by molar-refractivity contribution is 5.46. The molecule has 0 aliphatic heterocycles. The highest BCUT2D eigenvalue weighted by Crippen LogP contribution is 2.26. The summed E-state index contributed by atoms with van der Waals surface area (Å²) in [5.41, 5.74) is 2.88. The standard InChI is InChI=1S/C17H14FN3/c18-15-8-6-14(7-9-15)17(13-4-2-1-3-5-13)21-16-10-19-12-20-11-16/h1-12,17,21H. The van der Waals surface area contributed by atoms with E-state index in [0.717, 1.165) is 16.8 Å². The molecule has 0 bridgehead atoms. The van der Waals surface area contributed by atoms with Gasteiger partial charge in [-0.1, -0.05) is 42.5 Å². The maximum Gasteiger partial charge on any atom is 0.123 e. The van der Waals surface area contributed by atoms with Crippen LogP contribution in [-0.4, -0.2) is 9.97 Å². The molecule has 4 heteroatoms. The lowest BCUT2D eigenvalue weighted by atomic mass is 9.98. The van der Waals surface area contributed by atoms with Gasteiger partial charge in [0.25, 0.3) is 0 Å². The Balaban J connectivity index is 1.97. The molecule has 1 aromatic heterocycles. The molecule has 0 spiro atoms. The average molecular weight is 279 g/mol. The van der Waals surface area contributed by atoms with E-state index < -0.39 is 0 Å². The van der Waals surface area contributed by atoms with E-state index >= 15 is 0 Å². The smallest absolute Gasteiger partial charge is 0.123 e. The molecule has 0 aliphatic carbocycles. The fourth-order valence-corrected chi connectivity index (χ4v) is 2.20. The van der Waals surface area contributed by atoms with Gasteiger partial charge in [-0.15, -0.1) is 0 Å². The fraction of sp³-hybridized carbons (Fsp3) is 0.0588. The molecular weight excluding hydrogens is 265 g/mol. The first-order valence-electron chi connectivity index (χ1n) is 6.65. The minimum atomic E-state index is -0.242. The molecule has 1 atom stereocenters. The Bertz CT molecular complexity index is 684. The average Bonchev–Trinajstić information content (AvgIpc) is 2.55. The molecular formula is C17H14FN3. The summed E-state index contributed by atoms with van der Waals surface area (Å²) in [5, 5.41) is 3.38. The molecule has 3 nitrogen and oxygen atoms in total. The van der Waals surface area contributed by atoms with E-state index in [4.69, 9.17) is 0 Å². The Morgan fingerprint density at radius 2 is 1.43 bits per heavy atom. The largest absolute Gasteiger partial charge is 0.372 e. The normalized spacial score (nSPS) is 11.9. The van der Waals surface area contributed by atoms with Gasteiger partial charge in [0.2, 0.25) is 0 Å². The van der Waals surface area contributed by atoms with Gasteiger partial charge >= 0.3 is 0 Å². The number of nitrogens with zero attached hydrogens (tertiary/aromatic N) is 2. The summed E-state index contributed by atoms with van der Waals surface area (Å²) in [7, 11) is 0. The second-order valence-corrected chi connectivity index (χ2v) is 4.67. The molecule has 1 unspecified atom stereocenters. The predicted molar refractivity (Wildman–Crippen MR) is 80.3 cm³/mol. The van der Waals surface area contributed by atoms with Gasteiger partial charge in [0, 0.05) is 0 Å². The van der Waals surface area contributed by atoms with E-state index in [-0.39, 0.29) is 11.9 Å². The summed E-state index contributed by atoms with van der Waals surface area (Å²) in [6, 6.07) is 16.4. The molecule has 104 valence electrons. The van der Waals surface area contributed by atoms with Crippen LogP contribution in [0, 0.1) is 5.82 Å². The Labute approximate surface area is 122 Å². The maximum absolute atomic E-state index is 13.1. The van der Waals surface area contributed by atoms with Crippen molar-refractivity contribution in [3.8, 4) is 0 Å². The van der Waals surface area contributed by atoms with Gasteiger partial charge in [-0.05, 0) is 23.3 Å². The summed E-state index contributed by atoms with van der Waals surface area (Å²) in [6.07, 6.45) is 4.92. The molecule has 1 N–H and O–H groups in total. The highest BCUT2D eigenvalue weighted by Gasteiger charge is 2.14. The van der Waals surface area contributed by atoms with Gasteiger partial charge in [0.05, 0.1) is 24.1 Å². The lowest BCUT2D eigenvalue weighted by Crippen LogP contribution is -2.12. The van der Waals surface area contributed by atoms with Crippen LogP contribution >= 0.6 is 0 Å². The van der Waals surface area contributed by atoms with E-state index in [1.165, 1.54) is 18.5 Å². The highest BCUT2D eigenvalue weighted by atomic mass is 19.1. The fourth-order valence-electron chi connectivity index (χ4n) is 2.20. The Hall–Kier alpha value is -2.75. The van der Waals surface area contributed by atoms with Crippen molar-refractivity contribution in [2.45, 2.75) is 6.04 Å². The summed E-state index contributed by atoms with van der Waals surface area (Å²) >= 11 is 0. The quantitative estimate of drug-likeness (QED) is 0.789. The van der Waals surface area contributed by atoms with E-state index in [2.05, 4.69) is 15.3 Å². The van der Waals surface area contributed by atoms with Crippen molar-refractivity contribution < 1.29 is 4.39 Å². The predicted octanol–water partition coefficient (Wildman–Crippen LogP) is 3.82. The molecule has 3 aromatic rings. The third-order valence-electron chi connectivity index (χ3n) is 3.21. The molecule has 0 saturated carbocycles. The first-order chi connectivity index (χ1) is 10.3. The summed E-state index contributed by atoms with van der Waals surface area (Å²) in [4.78, 5) is 8.01. The SMILES string of the molecule is Fc1ccc(C(Nc2cncnc2)c2ccccc2)cc1. The number of benzene rings is 2. The van der Waals surface area contributed by atoms with Crippen molar-refractivity contribution in [3.63, 3.8) is 0 Å². The Morgan fingerprint density at radius 1 is 0.810 bits per heavy atom. The van der Waals surface area contributed by atoms with Crippen LogP contribution in [0.3, 0.4) is 0 Å². The van der Waals surface area contributed by atoms with Crippen LogP contribution in [0.5, 0.6) is 0 Å². The van der Waals surface area contributed by atoms with E-state index in [1.54, 1.807) is 24.5 Å². The van der Waals surface area contributed by atoms with Gasteiger partial charge in [0.1, 0.15) is 12.1 Å². The molecule has 0 amide bonds. The Kier molecular flexibility index (Phi) is 3.87. The van der Waals surface area contributed by atoms with Crippen molar-refractivity contribution in [1.82, 2.24) is 9.97 Å². The van der Waals surface area contributed by atoms with Crippen LogP contribution in [0.15, 0.2) is 73.3 Å². The third-order valence-corrected chi connectivity index (χ3v) is 3.21. The lowest BCUT2D eigenvalue weighted by Gasteiger charge is -2.20. The second-order valence-electron chi connectivity index (χ2n) is 4.67. The van der Waals surface area contributed by atoms with Crippen molar-refractivity contribution in [3.05, 3.63) is 90.3 Å². The van der Waals surface area contributed by atoms with Crippen molar-refractivity contribution in [2.24, 2.45) is 0 Å². The van der Waals surface area contributed by atoms with E-state index in [9.17, 15) is 4.39 Å². The van der Waals surface area contributed by atoms with Crippen LogP contribution in [0.4, 0.5) is 10.1 Å². The second kappa shape index (κ2) is 6.13. The third kappa shape index (κ3) is 3.23. The van der Waals surface area contributed by atoms with E-state index in [1.807, 2.05) is 30.3 Å².